The maximum Gasteiger partial charge on any atom is 0.303 e. The Balaban J connectivity index is 0.670. The molecule has 6 aliphatic heterocycles. The molecule has 3 aromatic heterocycles. The van der Waals surface area contributed by atoms with Crippen LogP contribution >= 0.6 is 0 Å². The van der Waals surface area contributed by atoms with E-state index in [2.05, 4.69) is 52.2 Å². The second-order valence-electron chi connectivity index (χ2n) is 35.1. The zero-order valence-corrected chi connectivity index (χ0v) is 83.4. The van der Waals surface area contributed by atoms with Gasteiger partial charge in [-0.05, 0) is 31.2 Å². The second-order valence-corrected chi connectivity index (χ2v) is 35.1. The number of ether oxygens (including phenoxy) is 28. The average Bonchev–Trinajstić information content (AvgIpc) is 1.58. The molecule has 4 aromatic rings. The summed E-state index contributed by atoms with van der Waals surface area (Å²) >= 11 is 0. The van der Waals surface area contributed by atoms with Gasteiger partial charge in [0.2, 0.25) is 23.6 Å². The molecular weight excluding hydrogens is 1910 g/mol. The van der Waals surface area contributed by atoms with Crippen molar-refractivity contribution >= 4 is 59.4 Å². The molecule has 9 heterocycles. The highest BCUT2D eigenvalue weighted by Gasteiger charge is 2.66. The normalized spacial score (nSPS) is 23.3. The fourth-order valence-corrected chi connectivity index (χ4v) is 16.5. The molecule has 6 bridgehead atoms. The largest absolute Gasteiger partial charge is 0.458 e. The zero-order chi connectivity index (χ0) is 103. The van der Waals surface area contributed by atoms with E-state index in [1.165, 1.54) is 55.4 Å². The predicted octanol–water partition coefficient (Wildman–Crippen LogP) is 0.285. The summed E-state index contributed by atoms with van der Waals surface area (Å²) in [6, 6.07) is 8.08. The standard InChI is InChI=1S/C93H143N13O38/c1-65(107)95-81-83(137-68(4)110)86(140-71(7)113)92(63-134-88(81)143-92)60-128-46-43-124-40-37-121-34-31-118-28-24-105-50-75(99-102-105)54-131-57-90(97-79(116)21-14-10-16-22-94-78(115)20-15-11-17-26-126-52-73-18-12-9-13-19-73,56-130-53-74-49-104(101-98-74)23-27-117-30-33-120-36-39-123-42-45-127-59-91-62-133-80(142-91)48-77(136-67(3)109)85(91)139-70(6)112)58-132-55-76-51-106(103-100-76)25-29-119-32-35-122-38-41-125-44-47-129-61-93-64-135-89(144-93)82(96-66(2)108)84(138-69(5)111)87(93)141-72(8)114/h9,12-13,18-19,49-51,77,80-89H,10-11,14-17,20-48,52-64H2,1-8H3,(H,94,115)(H,95,107)(H,96,108)(H,97,116)/t77-,80+,81-,82-,83-,84-,85-,86-,87-,88+,89+,91+,92+,93+/m1/s1. The van der Waals surface area contributed by atoms with E-state index in [0.29, 0.717) is 95.4 Å². The van der Waals surface area contributed by atoms with Gasteiger partial charge in [0.15, 0.2) is 66.2 Å². The summed E-state index contributed by atoms with van der Waals surface area (Å²) in [5.74, 6) is -4.90. The van der Waals surface area contributed by atoms with E-state index in [0.717, 1.165) is 24.8 Å². The number of nitrogens with zero attached hydrogens (tertiary/aromatic N) is 9. The lowest BCUT2D eigenvalue weighted by Gasteiger charge is -2.45. The molecule has 14 atom stereocenters. The first kappa shape index (κ1) is 116. The smallest absolute Gasteiger partial charge is 0.303 e. The Bertz CT molecular complexity index is 4320. The van der Waals surface area contributed by atoms with Crippen molar-refractivity contribution in [1.29, 1.82) is 0 Å². The topological polar surface area (TPSA) is 569 Å². The van der Waals surface area contributed by atoms with E-state index >= 15 is 0 Å². The summed E-state index contributed by atoms with van der Waals surface area (Å²) in [6.45, 7) is 16.9. The monoisotopic (exact) mass is 2050 g/mol. The van der Waals surface area contributed by atoms with E-state index < -0.39 is 138 Å². The molecule has 0 spiro atoms. The van der Waals surface area contributed by atoms with Crippen molar-refractivity contribution in [1.82, 2.24) is 66.2 Å². The van der Waals surface area contributed by atoms with Crippen molar-refractivity contribution in [3.63, 3.8) is 0 Å². The minimum absolute atomic E-state index is 0.0107. The molecule has 4 amide bonds. The summed E-state index contributed by atoms with van der Waals surface area (Å²) in [7, 11) is 0. The van der Waals surface area contributed by atoms with Crippen LogP contribution in [0.4, 0.5) is 0 Å². The Labute approximate surface area is 835 Å². The molecule has 4 N–H and O–H groups in total. The molecule has 808 valence electrons. The van der Waals surface area contributed by atoms with Crippen LogP contribution in [0.5, 0.6) is 0 Å². The van der Waals surface area contributed by atoms with Crippen LogP contribution < -0.4 is 21.3 Å². The first-order chi connectivity index (χ1) is 69.7. The molecule has 0 unspecified atom stereocenters. The summed E-state index contributed by atoms with van der Waals surface area (Å²) in [5, 5.41) is 37.5. The number of unbranched alkanes of at least 4 members (excludes halogenated alkanes) is 4. The number of nitrogens with one attached hydrogen (secondary N) is 4. The van der Waals surface area contributed by atoms with Gasteiger partial charge in [-0.15, -0.1) is 15.3 Å². The third-order valence-corrected chi connectivity index (χ3v) is 22.9. The van der Waals surface area contributed by atoms with Crippen LogP contribution in [0.1, 0.15) is 136 Å². The molecule has 6 saturated heterocycles. The predicted molar refractivity (Wildman–Crippen MR) is 490 cm³/mol. The SMILES string of the molecule is CC(=O)N[C@H]1[C@H]2OC[C@](COCCOCCOCCOCCn3cc(COCC(COCc4cn(CCOCCOCCOCCOC[C@@]56CO[C@@H](O5)[C@H](NC(C)=O)[C@@H](OC(C)=O)[C@H]6OC(C)=O)nn4)(COCc4cn(CCOCCOCCOCCOC[C@]56CO[C@H](C[C@@H](OC(C)=O)[C@H]5OC(C)=O)O6)nn4)NC(=O)CCCCCNC(=O)CCCCCOCc4ccccc4)nn3)(O2)[C@H](OC(C)=O)[C@@H]1OC(C)=O. The van der Waals surface area contributed by atoms with Gasteiger partial charge >= 0.3 is 35.8 Å². The molecular formula is C93H143N13O38. The molecule has 6 aliphatic rings. The van der Waals surface area contributed by atoms with Crippen molar-refractivity contribution in [2.75, 3.05) is 211 Å². The summed E-state index contributed by atoms with van der Waals surface area (Å²) in [4.78, 5) is 124. The van der Waals surface area contributed by atoms with Crippen molar-refractivity contribution < 1.29 is 181 Å². The van der Waals surface area contributed by atoms with Gasteiger partial charge in [-0.2, -0.15) is 0 Å². The van der Waals surface area contributed by atoms with Gasteiger partial charge in [0.05, 0.1) is 263 Å². The molecule has 51 heteroatoms. The molecule has 6 fully saturated rings. The molecule has 144 heavy (non-hydrogen) atoms. The molecule has 51 nitrogen and oxygen atoms in total. The van der Waals surface area contributed by atoms with Crippen molar-refractivity contribution in [2.24, 2.45) is 0 Å². The highest BCUT2D eigenvalue weighted by molar-refractivity contribution is 5.77. The summed E-state index contributed by atoms with van der Waals surface area (Å²) in [5.41, 5.74) is -2.60. The minimum atomic E-state index is -1.34. The number of hydrogen-bond donors (Lipinski definition) is 4. The van der Waals surface area contributed by atoms with E-state index in [1.807, 2.05) is 30.3 Å². The first-order valence-electron chi connectivity index (χ1n) is 48.7. The lowest BCUT2D eigenvalue weighted by molar-refractivity contribution is -0.251. The number of fused-ring (bicyclic) bond motifs is 6. The van der Waals surface area contributed by atoms with Gasteiger partial charge in [-0.3, -0.25) is 47.9 Å². The number of rotatable bonds is 77. The van der Waals surface area contributed by atoms with Gasteiger partial charge in [0.25, 0.3) is 0 Å². The fourth-order valence-electron chi connectivity index (χ4n) is 16.5. The van der Waals surface area contributed by atoms with Gasteiger partial charge < -0.3 is 154 Å². The van der Waals surface area contributed by atoms with E-state index in [-0.39, 0.29) is 229 Å². The van der Waals surface area contributed by atoms with E-state index in [9.17, 15) is 47.9 Å². The summed E-state index contributed by atoms with van der Waals surface area (Å²) in [6.07, 6.45) is 1.33. The number of aromatic nitrogens is 9. The van der Waals surface area contributed by atoms with Crippen LogP contribution in [0.25, 0.3) is 0 Å². The Kier molecular flexibility index (Phi) is 51.1. The van der Waals surface area contributed by atoms with Gasteiger partial charge in [-0.1, -0.05) is 58.8 Å². The van der Waals surface area contributed by atoms with Gasteiger partial charge in [-0.25, -0.2) is 14.0 Å². The molecule has 10 rings (SSSR count). The quantitative estimate of drug-likeness (QED) is 0.0262. The molecule has 0 aliphatic carbocycles. The first-order valence-corrected chi connectivity index (χ1v) is 48.7. The summed E-state index contributed by atoms with van der Waals surface area (Å²) < 4.78 is 169. The molecule has 1 aromatic carbocycles. The van der Waals surface area contributed by atoms with E-state index in [1.54, 1.807) is 32.6 Å². The van der Waals surface area contributed by atoms with Crippen molar-refractivity contribution in [2.45, 2.75) is 249 Å². The molecule has 0 saturated carbocycles. The van der Waals surface area contributed by atoms with Crippen LogP contribution in [0, 0.1) is 0 Å². The van der Waals surface area contributed by atoms with Crippen LogP contribution in [-0.2, 0) is 227 Å². The Morgan fingerprint density at radius 2 is 0.729 bits per heavy atom. The Morgan fingerprint density at radius 3 is 1.12 bits per heavy atom. The number of carbonyl (C=O) groups excluding carboxylic acids is 10. The van der Waals surface area contributed by atoms with Gasteiger partial charge in [0.1, 0.15) is 40.8 Å². The highest BCUT2D eigenvalue weighted by Crippen LogP contribution is 2.44. The Hall–Kier alpha value is -9.54. The lowest BCUT2D eigenvalue weighted by Crippen LogP contribution is -2.68. The number of benzene rings is 1. The van der Waals surface area contributed by atoms with Crippen molar-refractivity contribution in [3.8, 4) is 0 Å². The van der Waals surface area contributed by atoms with Gasteiger partial charge in [0, 0.05) is 87.8 Å². The number of carbonyl (C=O) groups is 10. The minimum Gasteiger partial charge on any atom is -0.458 e. The lowest BCUT2D eigenvalue weighted by atomic mass is 9.87. The van der Waals surface area contributed by atoms with Crippen LogP contribution in [0.15, 0.2) is 48.9 Å². The maximum atomic E-state index is 14.4. The maximum absolute atomic E-state index is 14.4. The fraction of sp³-hybridized carbons (Fsp3) is 0.763. The zero-order valence-electron chi connectivity index (χ0n) is 83.4. The molecule has 0 radical (unpaired) electrons. The number of hydrogen-bond acceptors (Lipinski definition) is 44. The van der Waals surface area contributed by atoms with Crippen LogP contribution in [0.2, 0.25) is 0 Å². The number of amides is 4. The van der Waals surface area contributed by atoms with Crippen molar-refractivity contribution in [3.05, 3.63) is 71.6 Å². The third kappa shape index (κ3) is 40.9. The van der Waals surface area contributed by atoms with Crippen LogP contribution in [0.3, 0.4) is 0 Å². The van der Waals surface area contributed by atoms with E-state index in [4.69, 9.17) is 133 Å². The number of esters is 6. The second kappa shape index (κ2) is 63.2. The van der Waals surface area contributed by atoms with Crippen LogP contribution in [-0.4, -0.2) is 406 Å². The third-order valence-electron chi connectivity index (χ3n) is 22.9. The average molecular weight is 2050 g/mol. The highest BCUT2D eigenvalue weighted by atomic mass is 16.8. The Morgan fingerprint density at radius 1 is 0.368 bits per heavy atom.